The molecular weight excluding hydrogens is 316 g/mol. The van der Waals surface area contributed by atoms with Gasteiger partial charge in [0.1, 0.15) is 0 Å². The van der Waals surface area contributed by atoms with Gasteiger partial charge >= 0.3 is 23.9 Å². The third-order valence-electron chi connectivity index (χ3n) is 2.60. The average molecular weight is 332 g/mol. The van der Waals surface area contributed by atoms with Crippen molar-refractivity contribution in [1.29, 1.82) is 0 Å². The minimum atomic E-state index is -1.28. The summed E-state index contributed by atoms with van der Waals surface area (Å²) in [6.07, 6.45) is -1.30. The molecule has 1 aliphatic rings. The zero-order valence-corrected chi connectivity index (χ0v) is 11.0. The summed E-state index contributed by atoms with van der Waals surface area (Å²) in [6, 6.07) is 2.18. The van der Waals surface area contributed by atoms with Gasteiger partial charge in [-0.15, -0.1) is 0 Å². The van der Waals surface area contributed by atoms with Crippen LogP contribution in [-0.4, -0.2) is 56.5 Å². The smallest absolute Gasteiger partial charge is 0.371 e. The molecule has 2 heterocycles. The Kier molecular flexibility index (Phi) is 7.47. The quantitative estimate of drug-likeness (QED) is 0.623. The van der Waals surface area contributed by atoms with Gasteiger partial charge in [-0.05, 0) is 25.0 Å². The van der Waals surface area contributed by atoms with Crippen molar-refractivity contribution >= 4 is 23.9 Å². The van der Waals surface area contributed by atoms with Crippen LogP contribution >= 0.6 is 0 Å². The Labute approximate surface area is 129 Å². The molecule has 1 saturated heterocycles. The molecule has 0 radical (unpaired) electrons. The Bertz CT molecular complexity index is 539. The van der Waals surface area contributed by atoms with Crippen LogP contribution in [0.1, 0.15) is 41.4 Å². The number of carboxylic acids is 4. The van der Waals surface area contributed by atoms with Crippen molar-refractivity contribution in [3.05, 3.63) is 23.7 Å². The first-order valence-corrected chi connectivity index (χ1v) is 5.90. The van der Waals surface area contributed by atoms with E-state index in [2.05, 4.69) is 9.15 Å². The highest BCUT2D eigenvalue weighted by atomic mass is 16.5. The molecule has 0 aliphatic carbocycles. The molecule has 1 aromatic rings. The fourth-order valence-corrected chi connectivity index (χ4v) is 1.57. The van der Waals surface area contributed by atoms with Crippen molar-refractivity contribution in [1.82, 2.24) is 0 Å². The third kappa shape index (κ3) is 5.79. The first-order valence-electron chi connectivity index (χ1n) is 5.90. The largest absolute Gasteiger partial charge is 0.479 e. The molecule has 0 bridgehead atoms. The second kappa shape index (κ2) is 8.54. The summed E-state index contributed by atoms with van der Waals surface area (Å²) in [5.74, 6) is -5.48. The highest BCUT2D eigenvalue weighted by Crippen LogP contribution is 2.19. The van der Waals surface area contributed by atoms with E-state index in [0.29, 0.717) is 0 Å². The number of carboxylic acid groups (broad SMARTS) is 4. The molecule has 0 aromatic carbocycles. The van der Waals surface area contributed by atoms with Gasteiger partial charge in [-0.25, -0.2) is 19.2 Å². The molecule has 0 saturated carbocycles. The van der Waals surface area contributed by atoms with Crippen molar-refractivity contribution in [3.63, 3.8) is 0 Å². The maximum absolute atomic E-state index is 10.3. The van der Waals surface area contributed by atoms with E-state index in [4.69, 9.17) is 20.4 Å². The lowest BCUT2D eigenvalue weighted by Crippen LogP contribution is -2.24. The topological polar surface area (TPSA) is 172 Å². The highest BCUT2D eigenvalue weighted by molar-refractivity contribution is 5.88. The lowest BCUT2D eigenvalue weighted by molar-refractivity contribution is -0.157. The van der Waals surface area contributed by atoms with Crippen LogP contribution in [0.25, 0.3) is 0 Å². The van der Waals surface area contributed by atoms with E-state index in [1.807, 2.05) is 0 Å². The van der Waals surface area contributed by atoms with E-state index in [1.54, 1.807) is 0 Å². The van der Waals surface area contributed by atoms with Gasteiger partial charge in [0.05, 0.1) is 0 Å². The van der Waals surface area contributed by atoms with Gasteiger partial charge in [-0.2, -0.15) is 0 Å². The summed E-state index contributed by atoms with van der Waals surface area (Å²) >= 11 is 0. The van der Waals surface area contributed by atoms with Gasteiger partial charge in [0.15, 0.2) is 12.2 Å². The number of rotatable bonds is 4. The van der Waals surface area contributed by atoms with Crippen LogP contribution in [0.3, 0.4) is 0 Å². The number of hydrogen-bond acceptors (Lipinski definition) is 6. The van der Waals surface area contributed by atoms with Crippen LogP contribution in [0, 0.1) is 0 Å². The maximum Gasteiger partial charge on any atom is 0.371 e. The molecule has 4 N–H and O–H groups in total. The Morgan fingerprint density at radius 1 is 0.826 bits per heavy atom. The van der Waals surface area contributed by atoms with E-state index >= 15 is 0 Å². The van der Waals surface area contributed by atoms with Crippen LogP contribution in [0.15, 0.2) is 16.5 Å². The lowest BCUT2D eigenvalue weighted by atomic mass is 10.2. The molecule has 23 heavy (non-hydrogen) atoms. The van der Waals surface area contributed by atoms with Gasteiger partial charge in [-0.1, -0.05) is 7.43 Å². The maximum atomic E-state index is 10.3. The Balaban J connectivity index is 0.000000403. The molecule has 1 aromatic heterocycles. The number of furan rings is 1. The Morgan fingerprint density at radius 2 is 1.17 bits per heavy atom. The van der Waals surface area contributed by atoms with E-state index in [1.165, 1.54) is 0 Å². The molecule has 0 spiro atoms. The van der Waals surface area contributed by atoms with Gasteiger partial charge in [0.2, 0.25) is 11.5 Å². The van der Waals surface area contributed by atoms with Crippen LogP contribution < -0.4 is 0 Å². The second-order valence-electron chi connectivity index (χ2n) is 4.14. The fourth-order valence-electron chi connectivity index (χ4n) is 1.57. The second-order valence-corrected chi connectivity index (χ2v) is 4.14. The minimum Gasteiger partial charge on any atom is -0.479 e. The van der Waals surface area contributed by atoms with Gasteiger partial charge in [-0.3, -0.25) is 0 Å². The molecule has 2 atom stereocenters. The zero-order chi connectivity index (χ0) is 16.9. The van der Waals surface area contributed by atoms with E-state index in [0.717, 1.165) is 12.1 Å². The molecule has 10 heteroatoms. The van der Waals surface area contributed by atoms with Crippen LogP contribution in [-0.2, 0) is 14.3 Å². The summed E-state index contributed by atoms with van der Waals surface area (Å²) in [5.41, 5.74) is 0. The minimum absolute atomic E-state index is 0. The molecular formula is C13H16O10. The average Bonchev–Trinajstić information content (AvgIpc) is 3.09. The molecule has 0 amide bonds. The molecule has 2 unspecified atom stereocenters. The standard InChI is InChI=1S/C6H8O5.C6H4O5.CH4/c2*7-5(8)3-1-2-4(11-3)6(9)10;/h3-4H,1-2H2,(H,7,8)(H,9,10);1-2H,(H,7,8)(H,9,10);1H4. The fraction of sp³-hybridized carbons (Fsp3) is 0.385. The number of hydrogen-bond donors (Lipinski definition) is 4. The molecule has 1 aliphatic heterocycles. The van der Waals surface area contributed by atoms with Crippen molar-refractivity contribution in [2.45, 2.75) is 32.5 Å². The monoisotopic (exact) mass is 332 g/mol. The summed E-state index contributed by atoms with van der Waals surface area (Å²) < 4.78 is 9.09. The molecule has 128 valence electrons. The van der Waals surface area contributed by atoms with Crippen molar-refractivity contribution < 1.29 is 48.8 Å². The number of aromatic carboxylic acids is 2. The third-order valence-corrected chi connectivity index (χ3v) is 2.60. The summed E-state index contributed by atoms with van der Waals surface area (Å²) in [5, 5.41) is 33.4. The van der Waals surface area contributed by atoms with Gasteiger partial charge < -0.3 is 29.6 Å². The normalized spacial score (nSPS) is 19.0. The van der Waals surface area contributed by atoms with Crippen molar-refractivity contribution in [2.75, 3.05) is 0 Å². The highest BCUT2D eigenvalue weighted by Gasteiger charge is 2.34. The zero-order valence-electron chi connectivity index (χ0n) is 11.0. The predicted octanol–water partition coefficient (Wildman–Crippen LogP) is 1.02. The van der Waals surface area contributed by atoms with Crippen molar-refractivity contribution in [2.24, 2.45) is 0 Å². The Morgan fingerprint density at radius 3 is 1.35 bits per heavy atom. The molecule has 10 nitrogen and oxygen atoms in total. The number of aliphatic carboxylic acids is 2. The predicted molar refractivity (Wildman–Crippen MR) is 72.5 cm³/mol. The number of ether oxygens (including phenoxy) is 1. The van der Waals surface area contributed by atoms with Crippen LogP contribution in [0.2, 0.25) is 0 Å². The lowest BCUT2D eigenvalue weighted by Gasteiger charge is -2.04. The van der Waals surface area contributed by atoms with E-state index < -0.39 is 36.1 Å². The SMILES string of the molecule is C.O=C(O)C1CCC(C(=O)O)O1.O=C(O)c1ccc(C(=O)O)o1. The summed E-state index contributed by atoms with van der Waals surface area (Å²) in [7, 11) is 0. The summed E-state index contributed by atoms with van der Waals surface area (Å²) in [4.78, 5) is 40.8. The van der Waals surface area contributed by atoms with Crippen LogP contribution in [0.4, 0.5) is 0 Å². The molecule has 1 fully saturated rings. The first-order chi connectivity index (χ1) is 10.2. The van der Waals surface area contributed by atoms with Crippen LogP contribution in [0.5, 0.6) is 0 Å². The van der Waals surface area contributed by atoms with Gasteiger partial charge in [0, 0.05) is 0 Å². The van der Waals surface area contributed by atoms with Gasteiger partial charge in [0.25, 0.3) is 0 Å². The summed E-state index contributed by atoms with van der Waals surface area (Å²) in [6.45, 7) is 0. The van der Waals surface area contributed by atoms with E-state index in [-0.39, 0.29) is 31.8 Å². The first kappa shape index (κ1) is 20.1. The van der Waals surface area contributed by atoms with Crippen molar-refractivity contribution in [3.8, 4) is 0 Å². The molecule has 2 rings (SSSR count). The Hall–Kier alpha value is -2.88. The van der Waals surface area contributed by atoms with E-state index in [9.17, 15) is 19.2 Å². The number of carbonyl (C=O) groups is 4.